The first-order valence-electron chi connectivity index (χ1n) is 5.20. The summed E-state index contributed by atoms with van der Waals surface area (Å²) in [5.74, 6) is 0.325. The Bertz CT molecular complexity index is 414. The van der Waals surface area contributed by atoms with Crippen molar-refractivity contribution in [3.63, 3.8) is 0 Å². The molecule has 1 aromatic rings. The van der Waals surface area contributed by atoms with Gasteiger partial charge in [-0.2, -0.15) is 5.26 Å². The predicted octanol–water partition coefficient (Wildman–Crippen LogP) is 2.80. The van der Waals surface area contributed by atoms with E-state index in [1.807, 2.05) is 25.1 Å². The molecular formula is C12H13ClN2OS. The van der Waals surface area contributed by atoms with Crippen molar-refractivity contribution in [2.75, 3.05) is 18.8 Å². The molecule has 0 atom stereocenters. The van der Waals surface area contributed by atoms with E-state index in [2.05, 4.69) is 0 Å². The van der Waals surface area contributed by atoms with E-state index in [0.29, 0.717) is 17.3 Å². The number of halogens is 1. The monoisotopic (exact) mass is 268 g/mol. The Morgan fingerprint density at radius 1 is 1.47 bits per heavy atom. The lowest BCUT2D eigenvalue weighted by molar-refractivity contribution is -0.127. The van der Waals surface area contributed by atoms with E-state index in [4.69, 9.17) is 16.9 Å². The van der Waals surface area contributed by atoms with Crippen LogP contribution in [-0.4, -0.2) is 29.6 Å². The molecule has 0 unspecified atom stereocenters. The van der Waals surface area contributed by atoms with Crippen LogP contribution >= 0.6 is 23.4 Å². The Balaban J connectivity index is 2.47. The van der Waals surface area contributed by atoms with Gasteiger partial charge >= 0.3 is 0 Å². The van der Waals surface area contributed by atoms with Crippen LogP contribution in [0.1, 0.15) is 6.92 Å². The van der Waals surface area contributed by atoms with Crippen LogP contribution in [0.15, 0.2) is 29.2 Å². The summed E-state index contributed by atoms with van der Waals surface area (Å²) in [6.45, 7) is 2.58. The molecule has 5 heteroatoms. The number of rotatable bonds is 5. The number of thioether (sulfide) groups is 1. The van der Waals surface area contributed by atoms with E-state index < -0.39 is 0 Å². The first kappa shape index (κ1) is 13.9. The van der Waals surface area contributed by atoms with E-state index in [1.165, 1.54) is 16.7 Å². The molecule has 17 heavy (non-hydrogen) atoms. The number of carbonyl (C=O) groups excluding carboxylic acids is 1. The van der Waals surface area contributed by atoms with E-state index in [1.54, 1.807) is 12.1 Å². The van der Waals surface area contributed by atoms with Crippen LogP contribution in [0.4, 0.5) is 0 Å². The zero-order valence-electron chi connectivity index (χ0n) is 9.52. The lowest BCUT2D eigenvalue weighted by Crippen LogP contribution is -2.32. The summed E-state index contributed by atoms with van der Waals surface area (Å²) in [6.07, 6.45) is 0. The number of amides is 1. The lowest BCUT2D eigenvalue weighted by Gasteiger charge is -2.16. The second kappa shape index (κ2) is 7.21. The Kier molecular flexibility index (Phi) is 5.88. The van der Waals surface area contributed by atoms with Gasteiger partial charge in [0, 0.05) is 16.5 Å². The van der Waals surface area contributed by atoms with Gasteiger partial charge in [0.2, 0.25) is 5.91 Å². The summed E-state index contributed by atoms with van der Waals surface area (Å²) in [6, 6.07) is 9.32. The van der Waals surface area contributed by atoms with Crippen molar-refractivity contribution < 1.29 is 4.79 Å². The van der Waals surface area contributed by atoms with Gasteiger partial charge in [0.1, 0.15) is 6.54 Å². The molecule has 0 aromatic heterocycles. The average molecular weight is 269 g/mol. The number of hydrogen-bond donors (Lipinski definition) is 0. The largest absolute Gasteiger partial charge is 0.329 e. The standard InChI is InChI=1S/C12H13ClN2OS/c1-2-15(8-7-14)12(16)9-17-11-5-3-10(13)4-6-11/h3-6H,2,8-9H2,1H3. The SMILES string of the molecule is CCN(CC#N)C(=O)CSc1ccc(Cl)cc1. The molecule has 1 amide bonds. The summed E-state index contributed by atoms with van der Waals surface area (Å²) < 4.78 is 0. The number of hydrogen-bond acceptors (Lipinski definition) is 3. The summed E-state index contributed by atoms with van der Waals surface area (Å²) in [7, 11) is 0. The minimum atomic E-state index is -0.0194. The topological polar surface area (TPSA) is 44.1 Å². The molecule has 0 radical (unpaired) electrons. The van der Waals surface area contributed by atoms with Gasteiger partial charge in [-0.15, -0.1) is 11.8 Å². The van der Waals surface area contributed by atoms with E-state index in [-0.39, 0.29) is 12.5 Å². The molecule has 0 bridgehead atoms. The Morgan fingerprint density at radius 2 is 2.12 bits per heavy atom. The van der Waals surface area contributed by atoms with Crippen LogP contribution in [0.25, 0.3) is 0 Å². The molecule has 0 N–H and O–H groups in total. The number of nitrogens with zero attached hydrogens (tertiary/aromatic N) is 2. The normalized spacial score (nSPS) is 9.71. The zero-order chi connectivity index (χ0) is 12.7. The van der Waals surface area contributed by atoms with Crippen LogP contribution in [0.5, 0.6) is 0 Å². The van der Waals surface area contributed by atoms with Crippen molar-refractivity contribution in [3.8, 4) is 6.07 Å². The average Bonchev–Trinajstić information content (AvgIpc) is 2.35. The minimum absolute atomic E-state index is 0.0194. The third-order valence-electron chi connectivity index (χ3n) is 2.17. The first-order chi connectivity index (χ1) is 8.17. The van der Waals surface area contributed by atoms with Gasteiger partial charge in [-0.1, -0.05) is 11.6 Å². The molecule has 0 aliphatic carbocycles. The summed E-state index contributed by atoms with van der Waals surface area (Å²) in [5, 5.41) is 9.25. The van der Waals surface area contributed by atoms with Gasteiger partial charge in [0.15, 0.2) is 0 Å². The Hall–Kier alpha value is -1.18. The van der Waals surface area contributed by atoms with Crippen molar-refractivity contribution in [2.45, 2.75) is 11.8 Å². The maximum Gasteiger partial charge on any atom is 0.233 e. The van der Waals surface area contributed by atoms with Gasteiger partial charge < -0.3 is 4.90 Å². The van der Waals surface area contributed by atoms with E-state index in [0.717, 1.165) is 4.90 Å². The first-order valence-corrected chi connectivity index (χ1v) is 6.56. The molecular weight excluding hydrogens is 256 g/mol. The second-order valence-corrected chi connectivity index (χ2v) is 4.79. The highest BCUT2D eigenvalue weighted by atomic mass is 35.5. The van der Waals surface area contributed by atoms with Crippen molar-refractivity contribution in [3.05, 3.63) is 29.3 Å². The Labute approximate surface area is 110 Å². The molecule has 0 aliphatic rings. The molecule has 0 saturated heterocycles. The minimum Gasteiger partial charge on any atom is -0.329 e. The predicted molar refractivity (Wildman–Crippen MR) is 70.0 cm³/mol. The maximum absolute atomic E-state index is 11.7. The van der Waals surface area contributed by atoms with Crippen LogP contribution < -0.4 is 0 Å². The van der Waals surface area contributed by atoms with Gasteiger partial charge in [-0.3, -0.25) is 4.79 Å². The second-order valence-electron chi connectivity index (χ2n) is 3.31. The summed E-state index contributed by atoms with van der Waals surface area (Å²) >= 11 is 7.22. The lowest BCUT2D eigenvalue weighted by atomic mass is 10.4. The van der Waals surface area contributed by atoms with Gasteiger partial charge in [-0.25, -0.2) is 0 Å². The molecule has 0 spiro atoms. The van der Waals surface area contributed by atoms with E-state index in [9.17, 15) is 4.79 Å². The molecule has 0 saturated carbocycles. The highest BCUT2D eigenvalue weighted by Gasteiger charge is 2.11. The highest BCUT2D eigenvalue weighted by Crippen LogP contribution is 2.20. The molecule has 0 aliphatic heterocycles. The third kappa shape index (κ3) is 4.68. The van der Waals surface area contributed by atoms with Crippen LogP contribution in [-0.2, 0) is 4.79 Å². The van der Waals surface area contributed by atoms with Gasteiger partial charge in [0.25, 0.3) is 0 Å². The number of nitriles is 1. The highest BCUT2D eigenvalue weighted by molar-refractivity contribution is 8.00. The van der Waals surface area contributed by atoms with Gasteiger partial charge in [0.05, 0.1) is 11.8 Å². The van der Waals surface area contributed by atoms with Crippen molar-refractivity contribution in [1.82, 2.24) is 4.90 Å². The quantitative estimate of drug-likeness (QED) is 0.609. The molecule has 1 aromatic carbocycles. The fraction of sp³-hybridized carbons (Fsp3) is 0.333. The third-order valence-corrected chi connectivity index (χ3v) is 3.42. The molecule has 90 valence electrons. The fourth-order valence-corrected chi connectivity index (χ4v) is 2.16. The molecule has 0 fully saturated rings. The van der Waals surface area contributed by atoms with E-state index >= 15 is 0 Å². The smallest absolute Gasteiger partial charge is 0.233 e. The summed E-state index contributed by atoms with van der Waals surface area (Å²) in [4.78, 5) is 14.3. The van der Waals surface area contributed by atoms with Crippen molar-refractivity contribution in [2.24, 2.45) is 0 Å². The fourth-order valence-electron chi connectivity index (χ4n) is 1.23. The Morgan fingerprint density at radius 3 is 2.65 bits per heavy atom. The number of carbonyl (C=O) groups is 1. The van der Waals surface area contributed by atoms with Crippen LogP contribution in [0, 0.1) is 11.3 Å². The molecule has 0 heterocycles. The molecule has 1 rings (SSSR count). The van der Waals surface area contributed by atoms with Crippen LogP contribution in [0.2, 0.25) is 5.02 Å². The zero-order valence-corrected chi connectivity index (χ0v) is 11.1. The number of benzene rings is 1. The van der Waals surface area contributed by atoms with Crippen molar-refractivity contribution in [1.29, 1.82) is 5.26 Å². The van der Waals surface area contributed by atoms with Crippen molar-refractivity contribution >= 4 is 29.3 Å². The van der Waals surface area contributed by atoms with Gasteiger partial charge in [-0.05, 0) is 31.2 Å². The van der Waals surface area contributed by atoms with Crippen LogP contribution in [0.3, 0.4) is 0 Å². The maximum atomic E-state index is 11.7. The summed E-state index contributed by atoms with van der Waals surface area (Å²) in [5.41, 5.74) is 0. The molecule has 3 nitrogen and oxygen atoms in total.